The molecule has 0 aromatic carbocycles. The molecule has 12 heavy (non-hydrogen) atoms. The van der Waals surface area contributed by atoms with Gasteiger partial charge in [0, 0.05) is 0 Å². The van der Waals surface area contributed by atoms with Gasteiger partial charge >= 0.3 is 137 Å². The molecule has 0 fully saturated rings. The predicted octanol–water partition coefficient (Wildman–Crippen LogP) is -4.89. The van der Waals surface area contributed by atoms with E-state index in [2.05, 4.69) is 6.96 Å². The van der Waals surface area contributed by atoms with Gasteiger partial charge < -0.3 is 11.0 Å². The van der Waals surface area contributed by atoms with E-state index in [1.54, 1.807) is 0 Å². The van der Waals surface area contributed by atoms with Crippen LogP contribution in [0.3, 0.4) is 0 Å². The molecule has 0 bridgehead atoms. The van der Waals surface area contributed by atoms with Crippen molar-refractivity contribution in [1.29, 1.82) is 0 Å². The van der Waals surface area contributed by atoms with Gasteiger partial charge in [0.15, 0.2) is 0 Å². The molecule has 58 valence electrons. The average Bonchev–Trinajstić information content (AvgIpc) is 1.67. The summed E-state index contributed by atoms with van der Waals surface area (Å²) in [5, 5.41) is 0. The Kier molecular flexibility index (Phi) is 40.8. The fourth-order valence-electron chi connectivity index (χ4n) is 0.0867. The van der Waals surface area contributed by atoms with Crippen molar-refractivity contribution in [2.45, 2.75) is 0 Å². The number of rotatable bonds is 3. The zero-order valence-electron chi connectivity index (χ0n) is 6.00. The molecule has 0 saturated carbocycles. The van der Waals surface area contributed by atoms with Gasteiger partial charge in [-0.15, -0.1) is 0 Å². The van der Waals surface area contributed by atoms with Gasteiger partial charge in [-0.05, 0) is 0 Å². The summed E-state index contributed by atoms with van der Waals surface area (Å²) in [6.07, 6.45) is 0. The van der Waals surface area contributed by atoms with E-state index in [1.165, 1.54) is 16.6 Å². The number of hydrogen-bond donors (Lipinski definition) is 0. The van der Waals surface area contributed by atoms with Gasteiger partial charge in [-0.25, -0.2) is 0 Å². The summed E-state index contributed by atoms with van der Waals surface area (Å²) < 4.78 is 16.9. The van der Waals surface area contributed by atoms with Crippen molar-refractivity contribution in [1.82, 2.24) is 0 Å². The molecule has 0 rings (SSSR count). The van der Waals surface area contributed by atoms with E-state index < -0.39 is 24.5 Å². The molecule has 0 spiro atoms. The van der Waals surface area contributed by atoms with Crippen molar-refractivity contribution < 1.29 is 31.3 Å². The first-order chi connectivity index (χ1) is 3.62. The molecule has 0 saturated heterocycles. The van der Waals surface area contributed by atoms with Crippen LogP contribution < -0.4 is 9.59 Å². The summed E-state index contributed by atoms with van der Waals surface area (Å²) in [5.41, 5.74) is 0. The molecule has 7 nitrogen and oxygen atoms in total. The second-order valence-electron chi connectivity index (χ2n) is 0.832. The summed E-state index contributed by atoms with van der Waals surface area (Å²) in [5.74, 6) is 0. The Morgan fingerprint density at radius 3 is 1.67 bits per heavy atom. The molecule has 0 aliphatic rings. The fraction of sp³-hybridized carbons (Fsp3) is 0. The molecule has 0 atom stereocenters. The van der Waals surface area contributed by atoms with Crippen LogP contribution in [0.2, 0.25) is 0 Å². The Labute approximate surface area is 145 Å². The first-order valence-corrected chi connectivity index (χ1v) is 4.57. The van der Waals surface area contributed by atoms with Gasteiger partial charge in [0.05, 0.1) is 0 Å². The topological polar surface area (TPSA) is 142 Å². The molecule has 0 amide bonds. The maximum atomic E-state index is 10.0. The fourth-order valence-corrected chi connectivity index (χ4v) is 1.28. The number of hydrogen-bond acceptors (Lipinski definition) is 7. The Morgan fingerprint density at radius 2 is 1.58 bits per heavy atom. The van der Waals surface area contributed by atoms with Crippen LogP contribution in [0.4, 0.5) is 0 Å². The van der Waals surface area contributed by atoms with E-state index in [0.29, 0.717) is 0 Å². The van der Waals surface area contributed by atoms with Crippen LogP contribution in [-0.2, 0) is 10.8 Å². The summed E-state index contributed by atoms with van der Waals surface area (Å²) in [6.45, 7) is 0. The van der Waals surface area contributed by atoms with Gasteiger partial charge in [0.25, 0.3) is 0 Å². The average molecular weight is 276 g/mol. The zero-order valence-corrected chi connectivity index (χ0v) is 13.7. The van der Waals surface area contributed by atoms with E-state index in [0.717, 1.165) is 0 Å². The van der Waals surface area contributed by atoms with E-state index >= 15 is 0 Å². The summed E-state index contributed by atoms with van der Waals surface area (Å²) in [7, 11) is -4.49. The van der Waals surface area contributed by atoms with Gasteiger partial charge in [-0.2, -0.15) is 0 Å². The van der Waals surface area contributed by atoms with E-state index in [1.807, 2.05) is 0 Å². The van der Waals surface area contributed by atoms with E-state index in [4.69, 9.17) is 0 Å². The SMILES string of the molecule is [Ca+2].[Ca+2].[OH-].[OH-].[O]=[Al][O][Si]([O-])([O-])[O][Al]. The van der Waals surface area contributed by atoms with Crippen LogP contribution in [0.1, 0.15) is 0 Å². The Bertz CT molecular complexity index is 89.5. The van der Waals surface area contributed by atoms with Crippen LogP contribution in [0, 0.1) is 0 Å². The first-order valence-electron chi connectivity index (χ1n) is 1.52. The van der Waals surface area contributed by atoms with Crippen LogP contribution in [0.25, 0.3) is 0 Å². The molecule has 0 unspecified atom stereocenters. The van der Waals surface area contributed by atoms with Crippen molar-refractivity contribution in [2.24, 2.45) is 0 Å². The summed E-state index contributed by atoms with van der Waals surface area (Å²) >= 11 is -0.260. The zero-order chi connectivity index (χ0) is 6.62. The molecule has 2 radical (unpaired) electrons. The summed E-state index contributed by atoms with van der Waals surface area (Å²) in [6, 6.07) is 0. The van der Waals surface area contributed by atoms with Gasteiger partial charge in [-0.3, -0.25) is 0 Å². The van der Waals surface area contributed by atoms with Crippen LogP contribution in [0.15, 0.2) is 0 Å². The minimum absolute atomic E-state index is 0. The third-order valence-corrected chi connectivity index (χ3v) is 3.03. The molecular weight excluding hydrogens is 274 g/mol. The minimum atomic E-state index is -4.49. The van der Waals surface area contributed by atoms with Crippen LogP contribution in [0.5, 0.6) is 0 Å². The molecule has 0 aliphatic heterocycles. The molecule has 0 aromatic rings. The Morgan fingerprint density at radius 1 is 1.25 bits per heavy atom. The Balaban J connectivity index is -0.0000000408. The van der Waals surface area contributed by atoms with Crippen molar-refractivity contribution in [2.75, 3.05) is 0 Å². The van der Waals surface area contributed by atoms with E-state index in [-0.39, 0.29) is 86.4 Å². The maximum absolute atomic E-state index is 10.0. The van der Waals surface area contributed by atoms with Gasteiger partial charge in [-0.1, -0.05) is 0 Å². The van der Waals surface area contributed by atoms with Crippen molar-refractivity contribution in [3.8, 4) is 0 Å². The van der Waals surface area contributed by atoms with Crippen LogP contribution in [-0.4, -0.2) is 128 Å². The quantitative estimate of drug-likeness (QED) is 0.470. The Hall–Kier alpha value is 3.20. The first kappa shape index (κ1) is 29.5. The van der Waals surface area contributed by atoms with Gasteiger partial charge in [0.2, 0.25) is 0 Å². The monoisotopic (exact) mass is 276 g/mol. The van der Waals surface area contributed by atoms with Crippen molar-refractivity contribution in [3.63, 3.8) is 0 Å². The third kappa shape index (κ3) is 18.9. The molecule has 2 N–H and O–H groups in total. The molecule has 0 heterocycles. The second-order valence-corrected chi connectivity index (χ2v) is 3.91. The van der Waals surface area contributed by atoms with E-state index in [9.17, 15) is 13.4 Å². The normalized spacial score (nSPS) is 6.83. The van der Waals surface area contributed by atoms with Crippen molar-refractivity contribution in [3.05, 3.63) is 0 Å². The van der Waals surface area contributed by atoms with Gasteiger partial charge in [0.1, 0.15) is 0 Å². The molecular formula is H2Al2Ca2O7Si. The van der Waals surface area contributed by atoms with Crippen LogP contribution >= 0.6 is 0 Å². The third-order valence-electron chi connectivity index (χ3n) is 0.337. The molecule has 0 aliphatic carbocycles. The summed E-state index contributed by atoms with van der Waals surface area (Å²) in [4.78, 5) is 20.0. The van der Waals surface area contributed by atoms with Crippen molar-refractivity contribution >= 4 is 117 Å². The molecule has 0 aromatic heterocycles. The standard InChI is InChI=1S/2Al.2Ca.O4Si.2H2O.O/c;;;;1-5(2,3)4;;;/h;;;;;2*1H2;/q2*+1;2*+2;-4;;;/p-2. The molecule has 12 heteroatoms. The predicted molar refractivity (Wildman–Crippen MR) is 35.5 cm³/mol. The second kappa shape index (κ2) is 16.6.